The molecule has 6 heteroatoms. The zero-order valence-electron chi connectivity index (χ0n) is 11.2. The van der Waals surface area contributed by atoms with Crippen molar-refractivity contribution in [1.29, 1.82) is 0 Å². The van der Waals surface area contributed by atoms with Gasteiger partial charge in [-0.2, -0.15) is 5.10 Å². The van der Waals surface area contributed by atoms with E-state index >= 15 is 0 Å². The van der Waals surface area contributed by atoms with Gasteiger partial charge in [0.15, 0.2) is 0 Å². The summed E-state index contributed by atoms with van der Waals surface area (Å²) in [6.07, 6.45) is 2.21. The maximum absolute atomic E-state index is 11.9. The van der Waals surface area contributed by atoms with Crippen molar-refractivity contribution in [2.75, 3.05) is 0 Å². The third kappa shape index (κ3) is 3.13. The van der Waals surface area contributed by atoms with Crippen LogP contribution < -0.4 is 5.32 Å². The number of aromatic nitrogens is 2. The van der Waals surface area contributed by atoms with Crippen LogP contribution in [0.15, 0.2) is 0 Å². The summed E-state index contributed by atoms with van der Waals surface area (Å²) in [6.45, 7) is 3.75. The van der Waals surface area contributed by atoms with Crippen LogP contribution in [0.3, 0.4) is 0 Å². The lowest BCUT2D eigenvalue weighted by Gasteiger charge is -2.12. The van der Waals surface area contributed by atoms with Gasteiger partial charge in [-0.15, -0.1) is 0 Å². The number of aryl methyl sites for hydroxylation is 2. The summed E-state index contributed by atoms with van der Waals surface area (Å²) in [7, 11) is 0. The Morgan fingerprint density at radius 3 is 2.68 bits per heavy atom. The van der Waals surface area contributed by atoms with Crippen molar-refractivity contribution in [1.82, 2.24) is 15.5 Å². The van der Waals surface area contributed by atoms with Crippen molar-refractivity contribution in [3.05, 3.63) is 17.0 Å². The van der Waals surface area contributed by atoms with Crippen molar-refractivity contribution < 1.29 is 14.7 Å². The van der Waals surface area contributed by atoms with Gasteiger partial charge < -0.3 is 10.4 Å². The Bertz CT molecular complexity index is 476. The van der Waals surface area contributed by atoms with Crippen molar-refractivity contribution in [3.63, 3.8) is 0 Å². The molecular weight excluding hydrogens is 246 g/mol. The molecule has 1 aliphatic rings. The Hall–Kier alpha value is -1.85. The van der Waals surface area contributed by atoms with Crippen LogP contribution in [0.5, 0.6) is 0 Å². The predicted molar refractivity (Wildman–Crippen MR) is 68.7 cm³/mol. The van der Waals surface area contributed by atoms with Gasteiger partial charge in [0.2, 0.25) is 5.91 Å². The number of nitrogens with one attached hydrogen (secondary N) is 2. The van der Waals surface area contributed by atoms with E-state index in [1.54, 1.807) is 0 Å². The molecule has 1 amide bonds. The number of rotatable bonds is 4. The topological polar surface area (TPSA) is 95.1 Å². The van der Waals surface area contributed by atoms with E-state index in [9.17, 15) is 9.59 Å². The number of carboxylic acid groups (broad SMARTS) is 1. The van der Waals surface area contributed by atoms with Crippen LogP contribution >= 0.6 is 0 Å². The summed E-state index contributed by atoms with van der Waals surface area (Å²) >= 11 is 0. The highest BCUT2D eigenvalue weighted by Gasteiger charge is 2.30. The molecule has 1 fully saturated rings. The van der Waals surface area contributed by atoms with Gasteiger partial charge in [-0.05, 0) is 33.1 Å². The average Bonchev–Trinajstić information content (AvgIpc) is 2.91. The average molecular weight is 265 g/mol. The third-order valence-electron chi connectivity index (χ3n) is 3.77. The van der Waals surface area contributed by atoms with Crippen LogP contribution in [-0.2, 0) is 16.0 Å². The minimum atomic E-state index is -0.765. The Morgan fingerprint density at radius 2 is 2.16 bits per heavy atom. The Morgan fingerprint density at radius 1 is 1.42 bits per heavy atom. The van der Waals surface area contributed by atoms with Crippen LogP contribution in [0.1, 0.15) is 36.2 Å². The summed E-state index contributed by atoms with van der Waals surface area (Å²) in [5, 5.41) is 18.7. The lowest BCUT2D eigenvalue weighted by Crippen LogP contribution is -2.34. The number of nitrogens with zero attached hydrogens (tertiary/aromatic N) is 1. The number of hydrogen-bond donors (Lipinski definition) is 3. The van der Waals surface area contributed by atoms with Crippen molar-refractivity contribution in [3.8, 4) is 0 Å². The van der Waals surface area contributed by atoms with Gasteiger partial charge in [0.25, 0.3) is 0 Å². The second-order valence-corrected chi connectivity index (χ2v) is 5.20. The first-order valence-electron chi connectivity index (χ1n) is 6.50. The van der Waals surface area contributed by atoms with Gasteiger partial charge in [0.05, 0.1) is 18.0 Å². The van der Waals surface area contributed by atoms with Crippen LogP contribution in [0.25, 0.3) is 0 Å². The number of H-pyrrole nitrogens is 1. The van der Waals surface area contributed by atoms with Crippen LogP contribution in [0.4, 0.5) is 0 Å². The zero-order valence-corrected chi connectivity index (χ0v) is 11.2. The van der Waals surface area contributed by atoms with E-state index < -0.39 is 5.97 Å². The van der Waals surface area contributed by atoms with Crippen molar-refractivity contribution in [2.24, 2.45) is 5.92 Å². The molecule has 1 aromatic heterocycles. The second kappa shape index (κ2) is 5.42. The summed E-state index contributed by atoms with van der Waals surface area (Å²) in [5.74, 6) is -1.15. The van der Waals surface area contributed by atoms with Crippen LogP contribution in [0.2, 0.25) is 0 Å². The van der Waals surface area contributed by atoms with E-state index in [1.807, 2.05) is 13.8 Å². The molecule has 1 aromatic rings. The van der Waals surface area contributed by atoms with E-state index in [2.05, 4.69) is 15.5 Å². The van der Waals surface area contributed by atoms with Gasteiger partial charge in [-0.1, -0.05) is 0 Å². The molecule has 0 saturated heterocycles. The molecule has 1 saturated carbocycles. The van der Waals surface area contributed by atoms with Gasteiger partial charge in [0.1, 0.15) is 0 Å². The molecule has 0 spiro atoms. The smallest absolute Gasteiger partial charge is 0.306 e. The number of carbonyl (C=O) groups excluding carboxylic acids is 1. The maximum Gasteiger partial charge on any atom is 0.306 e. The highest BCUT2D eigenvalue weighted by Crippen LogP contribution is 2.25. The summed E-state index contributed by atoms with van der Waals surface area (Å²) in [5.41, 5.74) is 2.66. The standard InChI is InChI=1S/C13H19N3O3/c1-7-11(8(2)16-15-7)6-12(17)14-10-4-3-9(5-10)13(18)19/h9-10H,3-6H2,1-2H3,(H,14,17)(H,15,16)(H,18,19)/t9-,10+/m1/s1. The quantitative estimate of drug-likeness (QED) is 0.755. The fourth-order valence-electron chi connectivity index (χ4n) is 2.61. The number of hydrogen-bond acceptors (Lipinski definition) is 3. The first-order chi connectivity index (χ1) is 8.97. The van der Waals surface area contributed by atoms with E-state index in [-0.39, 0.29) is 17.9 Å². The highest BCUT2D eigenvalue weighted by molar-refractivity contribution is 5.79. The fourth-order valence-corrected chi connectivity index (χ4v) is 2.61. The van der Waals surface area contributed by atoms with E-state index in [0.29, 0.717) is 19.3 Å². The van der Waals surface area contributed by atoms with Gasteiger partial charge >= 0.3 is 5.97 Å². The second-order valence-electron chi connectivity index (χ2n) is 5.20. The molecule has 2 atom stereocenters. The Labute approximate surface area is 111 Å². The fraction of sp³-hybridized carbons (Fsp3) is 0.615. The molecule has 1 aliphatic carbocycles. The minimum Gasteiger partial charge on any atom is -0.481 e. The van der Waals surface area contributed by atoms with E-state index in [4.69, 9.17) is 5.11 Å². The molecule has 0 radical (unpaired) electrons. The molecule has 104 valence electrons. The molecule has 2 rings (SSSR count). The third-order valence-corrected chi connectivity index (χ3v) is 3.77. The molecule has 1 heterocycles. The Balaban J connectivity index is 1.87. The molecule has 6 nitrogen and oxygen atoms in total. The van der Waals surface area contributed by atoms with Gasteiger partial charge in [-0.25, -0.2) is 0 Å². The molecule has 3 N–H and O–H groups in total. The number of aliphatic carboxylic acids is 1. The number of carbonyl (C=O) groups is 2. The van der Waals surface area contributed by atoms with Gasteiger partial charge in [-0.3, -0.25) is 14.7 Å². The SMILES string of the molecule is Cc1n[nH]c(C)c1CC(=O)N[C@H]1CC[C@@H](C(=O)O)C1. The summed E-state index contributed by atoms with van der Waals surface area (Å²) < 4.78 is 0. The molecule has 0 aromatic carbocycles. The number of carboxylic acids is 1. The molecule has 19 heavy (non-hydrogen) atoms. The first-order valence-corrected chi connectivity index (χ1v) is 6.50. The summed E-state index contributed by atoms with van der Waals surface area (Å²) in [4.78, 5) is 22.8. The Kier molecular flexibility index (Phi) is 3.87. The molecule has 0 aliphatic heterocycles. The van der Waals surface area contributed by atoms with Crippen LogP contribution in [0, 0.1) is 19.8 Å². The zero-order chi connectivity index (χ0) is 14.0. The highest BCUT2D eigenvalue weighted by atomic mass is 16.4. The lowest BCUT2D eigenvalue weighted by molar-refractivity contribution is -0.141. The normalized spacial score (nSPS) is 22.4. The molecule has 0 unspecified atom stereocenters. The molecule has 0 bridgehead atoms. The minimum absolute atomic E-state index is 0.0129. The number of amides is 1. The predicted octanol–water partition coefficient (Wildman–Crippen LogP) is 0.939. The van der Waals surface area contributed by atoms with E-state index in [0.717, 1.165) is 23.4 Å². The molecular formula is C13H19N3O3. The van der Waals surface area contributed by atoms with Crippen LogP contribution in [-0.4, -0.2) is 33.2 Å². The monoisotopic (exact) mass is 265 g/mol. The van der Waals surface area contributed by atoms with Gasteiger partial charge in [0, 0.05) is 17.3 Å². The van der Waals surface area contributed by atoms with E-state index in [1.165, 1.54) is 0 Å². The number of aromatic amines is 1. The first kappa shape index (κ1) is 13.6. The largest absolute Gasteiger partial charge is 0.481 e. The van der Waals surface area contributed by atoms with Crippen molar-refractivity contribution >= 4 is 11.9 Å². The van der Waals surface area contributed by atoms with Crippen molar-refractivity contribution in [2.45, 2.75) is 45.6 Å². The summed E-state index contributed by atoms with van der Waals surface area (Å²) in [6, 6.07) is -0.0129. The lowest BCUT2D eigenvalue weighted by atomic mass is 10.1. The maximum atomic E-state index is 11.9.